The summed E-state index contributed by atoms with van der Waals surface area (Å²) >= 11 is 0. The van der Waals surface area contributed by atoms with Crippen LogP contribution >= 0.6 is 0 Å². The van der Waals surface area contributed by atoms with E-state index in [2.05, 4.69) is 20.9 Å². The molecule has 2 atom stereocenters. The van der Waals surface area contributed by atoms with Crippen LogP contribution in [0.5, 0.6) is 11.5 Å². The van der Waals surface area contributed by atoms with Crippen molar-refractivity contribution < 1.29 is 32.0 Å². The van der Waals surface area contributed by atoms with Gasteiger partial charge in [0.15, 0.2) is 29.1 Å². The Morgan fingerprint density at radius 1 is 1.22 bits per heavy atom. The first-order valence-corrected chi connectivity index (χ1v) is 9.59. The van der Waals surface area contributed by atoms with E-state index in [0.717, 1.165) is 4.68 Å². The van der Waals surface area contributed by atoms with Gasteiger partial charge in [-0.15, -0.1) is 0 Å². The summed E-state index contributed by atoms with van der Waals surface area (Å²) in [6.45, 7) is 1.64. The maximum atomic E-state index is 13.9. The van der Waals surface area contributed by atoms with Crippen LogP contribution in [0, 0.1) is 6.92 Å². The minimum atomic E-state index is -4.57. The number of carbonyl (C=O) groups is 1. The lowest BCUT2D eigenvalue weighted by Crippen LogP contribution is -2.35. The maximum absolute atomic E-state index is 13.9. The zero-order chi connectivity index (χ0) is 23.0. The first-order valence-electron chi connectivity index (χ1n) is 9.59. The monoisotopic (exact) mass is 451 g/mol. The van der Waals surface area contributed by atoms with Crippen LogP contribution in [-0.4, -0.2) is 41.2 Å². The molecule has 1 aromatic carbocycles. The number of hydrogen-bond donors (Lipinski definition) is 2. The van der Waals surface area contributed by atoms with E-state index < -0.39 is 24.2 Å². The Bertz CT molecular complexity index is 1140. The van der Waals surface area contributed by atoms with Crippen molar-refractivity contribution in [3.8, 4) is 11.5 Å². The van der Waals surface area contributed by atoms with Crippen LogP contribution in [0.25, 0.3) is 0 Å². The summed E-state index contributed by atoms with van der Waals surface area (Å²) in [6.07, 6.45) is -4.90. The number of halogens is 3. The minimum absolute atomic E-state index is 0.0693. The number of aryl methyl sites for hydroxylation is 1. The Labute approximate surface area is 180 Å². The number of nitrogens with one attached hydrogen (secondary N) is 2. The van der Waals surface area contributed by atoms with Crippen molar-refractivity contribution in [3.05, 3.63) is 47.3 Å². The van der Waals surface area contributed by atoms with Crippen molar-refractivity contribution in [2.45, 2.75) is 31.6 Å². The molecule has 3 aromatic rings. The van der Waals surface area contributed by atoms with Gasteiger partial charge in [-0.25, -0.2) is 4.68 Å². The van der Waals surface area contributed by atoms with E-state index in [1.807, 2.05) is 0 Å². The van der Waals surface area contributed by atoms with E-state index in [9.17, 15) is 18.0 Å². The second kappa shape index (κ2) is 8.09. The van der Waals surface area contributed by atoms with Gasteiger partial charge in [0.25, 0.3) is 5.91 Å². The van der Waals surface area contributed by atoms with E-state index in [-0.39, 0.29) is 23.8 Å². The first kappa shape index (κ1) is 21.5. The van der Waals surface area contributed by atoms with Gasteiger partial charge in [0.1, 0.15) is 11.6 Å². The Morgan fingerprint density at radius 2 is 1.97 bits per heavy atom. The molecular weight excluding hydrogens is 431 g/mol. The van der Waals surface area contributed by atoms with E-state index in [1.54, 1.807) is 25.1 Å². The summed E-state index contributed by atoms with van der Waals surface area (Å²) in [5.74, 6) is 0.845. The summed E-state index contributed by atoms with van der Waals surface area (Å²) in [5.41, 5.74) is 0.392. The first-order chi connectivity index (χ1) is 15.2. The Kier molecular flexibility index (Phi) is 5.45. The van der Waals surface area contributed by atoms with Gasteiger partial charge in [0.2, 0.25) is 0 Å². The smallest absolute Gasteiger partial charge is 0.410 e. The lowest BCUT2D eigenvalue weighted by Gasteiger charge is -2.33. The molecule has 2 N–H and O–H groups in total. The van der Waals surface area contributed by atoms with Crippen molar-refractivity contribution in [1.29, 1.82) is 0 Å². The molecule has 1 amide bonds. The average Bonchev–Trinajstić information content (AvgIpc) is 3.37. The average molecular weight is 451 g/mol. The van der Waals surface area contributed by atoms with Gasteiger partial charge in [0, 0.05) is 18.6 Å². The van der Waals surface area contributed by atoms with E-state index in [0.29, 0.717) is 22.8 Å². The second-order valence-corrected chi connectivity index (χ2v) is 7.24. The number of anilines is 2. The molecule has 0 saturated carbocycles. The highest BCUT2D eigenvalue weighted by atomic mass is 19.4. The Morgan fingerprint density at radius 3 is 2.59 bits per heavy atom. The molecule has 2 aromatic heterocycles. The number of rotatable bonds is 5. The molecule has 1 aliphatic rings. The molecule has 0 aliphatic carbocycles. The third-order valence-electron chi connectivity index (χ3n) is 5.10. The number of aromatic nitrogens is 3. The molecule has 0 spiro atoms. The van der Waals surface area contributed by atoms with Gasteiger partial charge in [-0.2, -0.15) is 18.3 Å². The molecule has 170 valence electrons. The number of ether oxygens (including phenoxy) is 2. The number of nitrogens with zero attached hydrogens (tertiary/aromatic N) is 3. The van der Waals surface area contributed by atoms with Crippen LogP contribution in [0.15, 0.2) is 34.9 Å². The van der Waals surface area contributed by atoms with Crippen LogP contribution in [0.4, 0.5) is 24.8 Å². The van der Waals surface area contributed by atoms with Crippen LogP contribution in [-0.2, 0) is 0 Å². The normalized spacial score (nSPS) is 17.9. The summed E-state index contributed by atoms with van der Waals surface area (Å²) in [5, 5.41) is 13.0. The molecule has 0 radical (unpaired) electrons. The largest absolute Gasteiger partial charge is 0.493 e. The number of methoxy groups -OCH3 is 2. The van der Waals surface area contributed by atoms with Gasteiger partial charge in [0.05, 0.1) is 20.3 Å². The number of amides is 1. The number of alkyl halides is 3. The van der Waals surface area contributed by atoms with Crippen LogP contribution < -0.4 is 20.1 Å². The molecular formula is C20H20F3N5O4. The quantitative estimate of drug-likeness (QED) is 0.602. The summed E-state index contributed by atoms with van der Waals surface area (Å²) in [7, 11) is 2.92. The lowest BCUT2D eigenvalue weighted by atomic mass is 9.96. The molecule has 3 heterocycles. The Balaban J connectivity index is 1.65. The lowest BCUT2D eigenvalue weighted by molar-refractivity contribution is -0.173. The number of fused-ring (bicyclic) bond motifs is 1. The van der Waals surface area contributed by atoms with Gasteiger partial charge in [-0.05, 0) is 24.6 Å². The molecule has 0 unspecified atom stereocenters. The van der Waals surface area contributed by atoms with Crippen molar-refractivity contribution in [2.75, 3.05) is 24.9 Å². The van der Waals surface area contributed by atoms with E-state index in [4.69, 9.17) is 14.0 Å². The van der Waals surface area contributed by atoms with Crippen molar-refractivity contribution >= 4 is 17.5 Å². The fourth-order valence-corrected chi connectivity index (χ4v) is 3.58. The maximum Gasteiger partial charge on any atom is 0.410 e. The SMILES string of the molecule is COc1ccc([C@H]2C[C@H](C(F)(F)F)n3nc(C(=O)Nc4cc(C)on4)cc3N2)cc1OC. The van der Waals surface area contributed by atoms with E-state index in [1.165, 1.54) is 26.4 Å². The number of carbonyl (C=O) groups excluding carboxylic acids is 1. The highest BCUT2D eigenvalue weighted by Crippen LogP contribution is 2.44. The van der Waals surface area contributed by atoms with Crippen LogP contribution in [0.2, 0.25) is 0 Å². The second-order valence-electron chi connectivity index (χ2n) is 7.24. The standard InChI is InChI=1S/C20H20F3N5O4/c1-10-6-17(27-32-10)25-19(29)13-9-18-24-12(8-16(20(21,22)23)28(18)26-13)11-4-5-14(30-2)15(7-11)31-3/h4-7,9,12,16,24H,8H2,1-3H3,(H,25,27,29)/t12-,16-/m1/s1. The van der Waals surface area contributed by atoms with Gasteiger partial charge >= 0.3 is 6.18 Å². The molecule has 0 saturated heterocycles. The van der Waals surface area contributed by atoms with Gasteiger partial charge in [-0.1, -0.05) is 11.2 Å². The van der Waals surface area contributed by atoms with Crippen molar-refractivity contribution in [3.63, 3.8) is 0 Å². The van der Waals surface area contributed by atoms with Crippen molar-refractivity contribution in [2.24, 2.45) is 0 Å². The summed E-state index contributed by atoms with van der Waals surface area (Å²) < 4.78 is 57.8. The van der Waals surface area contributed by atoms with E-state index >= 15 is 0 Å². The van der Waals surface area contributed by atoms with Crippen LogP contribution in [0.1, 0.15) is 40.3 Å². The van der Waals surface area contributed by atoms with Gasteiger partial charge in [-0.3, -0.25) is 4.79 Å². The fourth-order valence-electron chi connectivity index (χ4n) is 3.58. The highest BCUT2D eigenvalue weighted by molar-refractivity contribution is 6.02. The van der Waals surface area contributed by atoms with Gasteiger partial charge < -0.3 is 24.6 Å². The topological polar surface area (TPSA) is 103 Å². The molecule has 0 bridgehead atoms. The number of benzene rings is 1. The zero-order valence-electron chi connectivity index (χ0n) is 17.4. The zero-order valence-corrected chi connectivity index (χ0v) is 17.4. The predicted octanol–water partition coefficient (Wildman–Crippen LogP) is 4.11. The van der Waals surface area contributed by atoms with Crippen molar-refractivity contribution in [1.82, 2.24) is 14.9 Å². The molecule has 9 nitrogen and oxygen atoms in total. The highest BCUT2D eigenvalue weighted by Gasteiger charge is 2.47. The predicted molar refractivity (Wildman–Crippen MR) is 107 cm³/mol. The molecule has 0 fully saturated rings. The molecule has 32 heavy (non-hydrogen) atoms. The summed E-state index contributed by atoms with van der Waals surface area (Å²) in [6, 6.07) is 5.05. The summed E-state index contributed by atoms with van der Waals surface area (Å²) in [4.78, 5) is 12.5. The third-order valence-corrected chi connectivity index (χ3v) is 5.10. The molecule has 4 rings (SSSR count). The molecule has 1 aliphatic heterocycles. The Hall–Kier alpha value is -3.70. The van der Waals surface area contributed by atoms with Crippen LogP contribution in [0.3, 0.4) is 0 Å². The third kappa shape index (κ3) is 4.07. The fraction of sp³-hybridized carbons (Fsp3) is 0.350. The molecule has 12 heteroatoms. The number of hydrogen-bond acceptors (Lipinski definition) is 7. The minimum Gasteiger partial charge on any atom is -0.493 e.